The number of hydrogen-bond donors (Lipinski definition) is 2. The lowest BCUT2D eigenvalue weighted by molar-refractivity contribution is -0.123. The zero-order chi connectivity index (χ0) is 22.0. The number of hydrogen-bond acceptors (Lipinski definition) is 5. The van der Waals surface area contributed by atoms with Crippen molar-refractivity contribution in [2.24, 2.45) is 0 Å². The Morgan fingerprint density at radius 3 is 2.61 bits per heavy atom. The van der Waals surface area contributed by atoms with Crippen molar-refractivity contribution in [3.05, 3.63) is 60.0 Å². The van der Waals surface area contributed by atoms with Crippen molar-refractivity contribution in [3.8, 4) is 16.9 Å². The minimum absolute atomic E-state index is 0.0282. The van der Waals surface area contributed by atoms with Gasteiger partial charge in [-0.25, -0.2) is 4.68 Å². The zero-order valence-corrected chi connectivity index (χ0v) is 16.1. The average molecular weight is 430 g/mol. The summed E-state index contributed by atoms with van der Waals surface area (Å²) in [6.07, 6.45) is 0.342. The molecule has 0 radical (unpaired) electrons. The number of pyridine rings is 1. The van der Waals surface area contributed by atoms with E-state index in [1.54, 1.807) is 24.4 Å². The maximum absolute atomic E-state index is 12.4. The molecule has 3 aromatic rings. The summed E-state index contributed by atoms with van der Waals surface area (Å²) in [6, 6.07) is 9.61. The Morgan fingerprint density at radius 2 is 1.94 bits per heavy atom. The molecule has 2 amide bonds. The highest BCUT2D eigenvalue weighted by Gasteiger charge is 2.28. The minimum atomic E-state index is -4.52. The minimum Gasteiger partial charge on any atom is -0.348 e. The van der Waals surface area contributed by atoms with E-state index in [4.69, 9.17) is 0 Å². The van der Waals surface area contributed by atoms with Crippen LogP contribution in [-0.4, -0.2) is 50.6 Å². The molecule has 2 heterocycles. The van der Waals surface area contributed by atoms with Crippen molar-refractivity contribution in [2.75, 3.05) is 6.54 Å². The number of benzene rings is 1. The van der Waals surface area contributed by atoms with Crippen LogP contribution in [0.1, 0.15) is 33.7 Å². The average Bonchev–Trinajstić information content (AvgIpc) is 3.43. The quantitative estimate of drug-likeness (QED) is 0.626. The van der Waals surface area contributed by atoms with Crippen LogP contribution in [0.3, 0.4) is 0 Å². The fraction of sp³-hybridized carbons (Fsp3) is 0.250. The van der Waals surface area contributed by atoms with E-state index in [9.17, 15) is 22.8 Å². The van der Waals surface area contributed by atoms with E-state index in [2.05, 4.69) is 20.6 Å². The van der Waals surface area contributed by atoms with Gasteiger partial charge in [0.15, 0.2) is 5.69 Å². The van der Waals surface area contributed by atoms with E-state index in [-0.39, 0.29) is 23.2 Å². The Morgan fingerprint density at radius 1 is 1.13 bits per heavy atom. The molecule has 0 unspecified atom stereocenters. The number of nitrogens with zero attached hydrogens (tertiary/aromatic N) is 4. The highest BCUT2D eigenvalue weighted by atomic mass is 19.4. The lowest BCUT2D eigenvalue weighted by Gasteiger charge is -2.12. The summed E-state index contributed by atoms with van der Waals surface area (Å²) in [5, 5.41) is 12.6. The molecule has 0 aliphatic heterocycles. The number of aromatic nitrogens is 4. The molecule has 1 aliphatic rings. The Bertz CT molecular complexity index is 1110. The predicted octanol–water partition coefficient (Wildman–Crippen LogP) is 2.51. The molecular weight excluding hydrogens is 413 g/mol. The molecular formula is C20H17F3N6O2. The first-order valence-electron chi connectivity index (χ1n) is 9.44. The van der Waals surface area contributed by atoms with E-state index in [1.807, 2.05) is 5.32 Å². The molecule has 8 nitrogen and oxygen atoms in total. The topological polar surface area (TPSA) is 102 Å². The van der Waals surface area contributed by atoms with Crippen LogP contribution in [0.25, 0.3) is 16.9 Å². The van der Waals surface area contributed by atoms with Gasteiger partial charge in [-0.05, 0) is 43.2 Å². The summed E-state index contributed by atoms with van der Waals surface area (Å²) in [5.41, 5.74) is 1.54. The second-order valence-corrected chi connectivity index (χ2v) is 7.04. The molecule has 0 spiro atoms. The Balaban J connectivity index is 1.66. The van der Waals surface area contributed by atoms with Crippen molar-refractivity contribution in [1.82, 2.24) is 30.6 Å². The fourth-order valence-electron chi connectivity index (χ4n) is 2.86. The first-order chi connectivity index (χ1) is 14.8. The van der Waals surface area contributed by atoms with Crippen LogP contribution in [-0.2, 0) is 0 Å². The lowest BCUT2D eigenvalue weighted by atomic mass is 10.0. The molecule has 1 aromatic carbocycles. The van der Waals surface area contributed by atoms with Crippen molar-refractivity contribution < 1.29 is 22.8 Å². The molecule has 1 fully saturated rings. The molecule has 0 atom stereocenters. The van der Waals surface area contributed by atoms with Crippen LogP contribution in [0.5, 0.6) is 0 Å². The Hall–Kier alpha value is -3.76. The molecule has 1 saturated carbocycles. The summed E-state index contributed by atoms with van der Waals surface area (Å²) < 4.78 is 38.7. The summed E-state index contributed by atoms with van der Waals surface area (Å²) in [7, 11) is 0. The number of carbonyl (C=O) groups excluding carboxylic acids is 2. The van der Waals surface area contributed by atoms with Gasteiger partial charge in [0, 0.05) is 23.4 Å². The van der Waals surface area contributed by atoms with Crippen LogP contribution in [0.4, 0.5) is 13.2 Å². The SMILES string of the molecule is O=C(NCC(F)(F)F)c1ccc(-n2cc(C(=O)NC3CC3)nn2)c(-c2ccccn2)c1. The molecule has 1 aliphatic carbocycles. The number of nitrogens with one attached hydrogen (secondary N) is 2. The molecule has 2 N–H and O–H groups in total. The third-order valence-corrected chi connectivity index (χ3v) is 4.53. The van der Waals surface area contributed by atoms with E-state index in [1.165, 1.54) is 29.1 Å². The Kier molecular flexibility index (Phi) is 5.40. The molecule has 2 aromatic heterocycles. The molecule has 0 bridgehead atoms. The van der Waals surface area contributed by atoms with Crippen LogP contribution in [0.2, 0.25) is 0 Å². The first-order valence-corrected chi connectivity index (χ1v) is 9.44. The highest BCUT2D eigenvalue weighted by Crippen LogP contribution is 2.27. The van der Waals surface area contributed by atoms with Crippen molar-refractivity contribution in [1.29, 1.82) is 0 Å². The summed E-state index contributed by atoms with van der Waals surface area (Å²) >= 11 is 0. The van der Waals surface area contributed by atoms with Crippen molar-refractivity contribution >= 4 is 11.8 Å². The molecule has 0 saturated heterocycles. The summed E-state index contributed by atoms with van der Waals surface area (Å²) in [4.78, 5) is 28.7. The van der Waals surface area contributed by atoms with E-state index >= 15 is 0 Å². The van der Waals surface area contributed by atoms with E-state index < -0.39 is 18.6 Å². The normalized spacial score (nSPS) is 13.6. The lowest BCUT2D eigenvalue weighted by Crippen LogP contribution is -2.33. The van der Waals surface area contributed by atoms with Gasteiger partial charge in [0.2, 0.25) is 0 Å². The van der Waals surface area contributed by atoms with Gasteiger partial charge in [-0.2, -0.15) is 13.2 Å². The predicted molar refractivity (Wildman–Crippen MR) is 103 cm³/mol. The molecule has 160 valence electrons. The van der Waals surface area contributed by atoms with Crippen LogP contribution in [0, 0.1) is 0 Å². The summed E-state index contributed by atoms with van der Waals surface area (Å²) in [5.74, 6) is -1.21. The zero-order valence-electron chi connectivity index (χ0n) is 16.1. The first kappa shape index (κ1) is 20.5. The maximum Gasteiger partial charge on any atom is 0.405 e. The van der Waals surface area contributed by atoms with Crippen LogP contribution >= 0.6 is 0 Å². The van der Waals surface area contributed by atoms with Gasteiger partial charge in [-0.1, -0.05) is 11.3 Å². The van der Waals surface area contributed by atoms with Crippen LogP contribution in [0.15, 0.2) is 48.8 Å². The number of alkyl halides is 3. The van der Waals surface area contributed by atoms with Gasteiger partial charge in [0.25, 0.3) is 11.8 Å². The van der Waals surface area contributed by atoms with E-state index in [0.717, 1.165) is 12.8 Å². The fourth-order valence-corrected chi connectivity index (χ4v) is 2.86. The van der Waals surface area contributed by atoms with Gasteiger partial charge >= 0.3 is 6.18 Å². The maximum atomic E-state index is 12.4. The van der Waals surface area contributed by atoms with E-state index in [0.29, 0.717) is 16.9 Å². The number of carbonyl (C=O) groups is 2. The smallest absolute Gasteiger partial charge is 0.348 e. The Labute approximate surface area is 174 Å². The van der Waals surface area contributed by atoms with Crippen LogP contribution < -0.4 is 10.6 Å². The van der Waals surface area contributed by atoms with Gasteiger partial charge in [0.05, 0.1) is 17.6 Å². The second-order valence-electron chi connectivity index (χ2n) is 7.04. The third kappa shape index (κ3) is 5.05. The molecule has 31 heavy (non-hydrogen) atoms. The number of amides is 2. The van der Waals surface area contributed by atoms with Crippen molar-refractivity contribution in [3.63, 3.8) is 0 Å². The molecule has 11 heteroatoms. The number of halogens is 3. The third-order valence-electron chi connectivity index (χ3n) is 4.53. The monoisotopic (exact) mass is 430 g/mol. The largest absolute Gasteiger partial charge is 0.405 e. The van der Waals surface area contributed by atoms with Crippen molar-refractivity contribution in [2.45, 2.75) is 25.1 Å². The standard InChI is InChI=1S/C20H17F3N6O2/c21-20(22,23)11-25-18(30)12-4-7-17(14(9-12)15-3-1-2-8-24-15)29-10-16(27-28-29)19(31)26-13-5-6-13/h1-4,7-10,13H,5-6,11H2,(H,25,30)(H,26,31). The summed E-state index contributed by atoms with van der Waals surface area (Å²) in [6.45, 7) is -1.44. The molecule has 4 rings (SSSR count). The number of rotatable bonds is 6. The second kappa shape index (κ2) is 8.17. The van der Waals surface area contributed by atoms with Gasteiger partial charge in [-0.3, -0.25) is 14.6 Å². The van der Waals surface area contributed by atoms with Gasteiger partial charge in [0.1, 0.15) is 6.54 Å². The van der Waals surface area contributed by atoms with Gasteiger partial charge < -0.3 is 10.6 Å². The highest BCUT2D eigenvalue weighted by molar-refractivity contribution is 5.96. The van der Waals surface area contributed by atoms with Gasteiger partial charge in [-0.15, -0.1) is 5.10 Å².